The van der Waals surface area contributed by atoms with E-state index < -0.39 is 8.07 Å². The number of rotatable bonds is 6. The molecule has 5 aromatic carbocycles. The molecule has 0 bridgehead atoms. The Morgan fingerprint density at radius 1 is 0.717 bits per heavy atom. The van der Waals surface area contributed by atoms with Crippen molar-refractivity contribution in [2.75, 3.05) is 0 Å². The van der Waals surface area contributed by atoms with Crippen molar-refractivity contribution in [1.29, 1.82) is 0 Å². The second-order valence-electron chi connectivity index (χ2n) is 14.8. The van der Waals surface area contributed by atoms with Crippen LogP contribution >= 0.6 is 11.3 Å². The molecular formula is C48H44IrN2SSi-2. The Bertz CT molecular complexity index is 2530. The van der Waals surface area contributed by atoms with Crippen molar-refractivity contribution in [2.24, 2.45) is 0 Å². The molecule has 1 radical (unpaired) electrons. The van der Waals surface area contributed by atoms with Crippen LogP contribution in [0.2, 0.25) is 19.6 Å². The standard InChI is InChI=1S/C28H24NS.C20H20NSi.Ir/c1-17(2)20-11-12-29-25(16-20)23-8-5-9-24-27-22(7-6-10-26(27)30-28(23)24)21-14-18(3)13-19(4)15-21;1-22(2,3)19-12-13-20(21-15-19)18-11-7-10-17(14-18)16-8-5-4-6-9-16;/h5-7,9-17H,1-4H3;4-10,12-15H,1-3H3;/q2*-1;/i;10D;. The summed E-state index contributed by atoms with van der Waals surface area (Å²) < 4.78 is 10.7. The molecule has 0 fully saturated rings. The number of thiophene rings is 1. The van der Waals surface area contributed by atoms with Gasteiger partial charge in [0.05, 0.1) is 8.07 Å². The molecule has 53 heavy (non-hydrogen) atoms. The molecule has 0 N–H and O–H groups in total. The van der Waals surface area contributed by atoms with Crippen LogP contribution in [-0.4, -0.2) is 18.0 Å². The summed E-state index contributed by atoms with van der Waals surface area (Å²) in [6.45, 7) is 15.7. The first-order valence-corrected chi connectivity index (χ1v) is 22.2. The minimum atomic E-state index is -1.33. The number of fused-ring (bicyclic) bond motifs is 3. The summed E-state index contributed by atoms with van der Waals surface area (Å²) in [5.41, 5.74) is 12.4. The number of hydrogen-bond acceptors (Lipinski definition) is 3. The first kappa shape index (κ1) is 36.8. The number of pyridine rings is 2. The van der Waals surface area contributed by atoms with E-state index in [0.717, 1.165) is 33.6 Å². The van der Waals surface area contributed by atoms with Crippen LogP contribution in [0, 0.1) is 26.0 Å². The monoisotopic (exact) mass is 902 g/mol. The van der Waals surface area contributed by atoms with E-state index in [2.05, 4.69) is 131 Å². The van der Waals surface area contributed by atoms with Gasteiger partial charge in [-0.3, -0.25) is 0 Å². The van der Waals surface area contributed by atoms with E-state index in [-0.39, 0.29) is 20.1 Å². The van der Waals surface area contributed by atoms with E-state index in [1.807, 2.05) is 66.2 Å². The van der Waals surface area contributed by atoms with Crippen molar-refractivity contribution < 1.29 is 21.5 Å². The smallest absolute Gasteiger partial charge is 0.0795 e. The molecule has 2 nitrogen and oxygen atoms in total. The quantitative estimate of drug-likeness (QED) is 0.123. The average Bonchev–Trinajstić information content (AvgIpc) is 3.54. The number of nitrogens with zero attached hydrogens (tertiary/aromatic N) is 2. The molecule has 0 spiro atoms. The fourth-order valence-electron chi connectivity index (χ4n) is 6.64. The Hall–Kier alpha value is -4.51. The largest absolute Gasteiger partial charge is 0.305 e. The molecule has 0 saturated heterocycles. The molecule has 8 aromatic rings. The minimum Gasteiger partial charge on any atom is -0.305 e. The Labute approximate surface area is 334 Å². The van der Waals surface area contributed by atoms with Crippen molar-refractivity contribution in [3.8, 4) is 44.8 Å². The van der Waals surface area contributed by atoms with Gasteiger partial charge in [-0.05, 0) is 76.6 Å². The van der Waals surface area contributed by atoms with Crippen LogP contribution in [0.5, 0.6) is 0 Å². The summed E-state index contributed by atoms with van der Waals surface area (Å²) in [6, 6.07) is 47.2. The summed E-state index contributed by atoms with van der Waals surface area (Å²) in [5, 5.41) is 3.97. The molecule has 0 aliphatic rings. The fraction of sp³-hybridized carbons (Fsp3) is 0.167. The third-order valence-electron chi connectivity index (χ3n) is 9.43. The Kier molecular flexibility index (Phi) is 11.3. The second-order valence-corrected chi connectivity index (χ2v) is 21.0. The topological polar surface area (TPSA) is 25.8 Å². The summed E-state index contributed by atoms with van der Waals surface area (Å²) >= 11 is 1.84. The van der Waals surface area contributed by atoms with Crippen LogP contribution in [0.4, 0.5) is 0 Å². The van der Waals surface area contributed by atoms with E-state index in [1.54, 1.807) is 6.07 Å². The Morgan fingerprint density at radius 3 is 2.19 bits per heavy atom. The molecule has 5 heteroatoms. The molecule has 267 valence electrons. The summed E-state index contributed by atoms with van der Waals surface area (Å²) in [6.07, 6.45) is 3.91. The number of hydrogen-bond donors (Lipinski definition) is 0. The number of aryl methyl sites for hydroxylation is 2. The molecule has 0 amide bonds. The van der Waals surface area contributed by atoms with Crippen molar-refractivity contribution in [3.05, 3.63) is 163 Å². The van der Waals surface area contributed by atoms with Crippen molar-refractivity contribution >= 4 is 44.8 Å². The normalized spacial score (nSPS) is 11.6. The zero-order valence-corrected chi connectivity index (χ0v) is 35.5. The van der Waals surface area contributed by atoms with E-state index in [1.165, 1.54) is 53.2 Å². The molecule has 0 saturated carbocycles. The van der Waals surface area contributed by atoms with Gasteiger partial charge in [0.1, 0.15) is 0 Å². The molecular weight excluding hydrogens is 857 g/mol. The molecule has 3 heterocycles. The van der Waals surface area contributed by atoms with Gasteiger partial charge in [0, 0.05) is 37.2 Å². The van der Waals surface area contributed by atoms with Gasteiger partial charge in [-0.15, -0.1) is 59.1 Å². The molecule has 0 unspecified atom stereocenters. The predicted octanol–water partition coefficient (Wildman–Crippen LogP) is 13.1. The Morgan fingerprint density at radius 2 is 1.49 bits per heavy atom. The van der Waals surface area contributed by atoms with Crippen LogP contribution in [0.1, 0.15) is 37.8 Å². The third kappa shape index (κ3) is 8.50. The van der Waals surface area contributed by atoms with Gasteiger partial charge in [-0.25, -0.2) is 0 Å². The Balaban J connectivity index is 0.000000187. The maximum atomic E-state index is 8.14. The number of aromatic nitrogens is 2. The SMILES string of the molecule is Cc1cc(C)cc(-c2cccc3sc4c(-c5cc(C(C)C)ccn5)[c-]ccc4c23)c1.[2H]c1c[c-]c(-c2ccc([Si](C)(C)C)cn2)cc1-c1ccccc1.[Ir]. The second kappa shape index (κ2) is 16.2. The van der Waals surface area contributed by atoms with Crippen LogP contribution in [0.25, 0.3) is 64.9 Å². The van der Waals surface area contributed by atoms with Gasteiger partial charge in [0.2, 0.25) is 0 Å². The average molecular weight is 902 g/mol. The van der Waals surface area contributed by atoms with Crippen LogP contribution in [-0.2, 0) is 20.1 Å². The van der Waals surface area contributed by atoms with Crippen molar-refractivity contribution in [2.45, 2.75) is 53.3 Å². The van der Waals surface area contributed by atoms with Gasteiger partial charge in [-0.2, -0.15) is 11.3 Å². The molecule has 0 atom stereocenters. The van der Waals surface area contributed by atoms with Gasteiger partial charge >= 0.3 is 0 Å². The van der Waals surface area contributed by atoms with Gasteiger partial charge < -0.3 is 9.97 Å². The van der Waals surface area contributed by atoms with Gasteiger partial charge in [0.15, 0.2) is 0 Å². The molecule has 0 aliphatic carbocycles. The van der Waals surface area contributed by atoms with Crippen LogP contribution < -0.4 is 5.19 Å². The van der Waals surface area contributed by atoms with E-state index in [9.17, 15) is 0 Å². The van der Waals surface area contributed by atoms with Crippen LogP contribution in [0.3, 0.4) is 0 Å². The van der Waals surface area contributed by atoms with Gasteiger partial charge in [0.25, 0.3) is 0 Å². The first-order valence-electron chi connectivity index (χ1n) is 18.4. The maximum Gasteiger partial charge on any atom is 0.0795 e. The summed E-state index contributed by atoms with van der Waals surface area (Å²) in [7, 11) is -1.33. The van der Waals surface area contributed by atoms with E-state index in [0.29, 0.717) is 12.0 Å². The van der Waals surface area contributed by atoms with Crippen LogP contribution in [0.15, 0.2) is 134 Å². The van der Waals surface area contributed by atoms with Crippen molar-refractivity contribution in [1.82, 2.24) is 9.97 Å². The zero-order valence-electron chi connectivity index (χ0n) is 32.3. The van der Waals surface area contributed by atoms with E-state index in [4.69, 9.17) is 6.35 Å². The zero-order chi connectivity index (χ0) is 37.3. The molecule has 0 aliphatic heterocycles. The predicted molar refractivity (Wildman–Crippen MR) is 227 cm³/mol. The number of benzene rings is 5. The maximum absolute atomic E-state index is 8.14. The summed E-state index contributed by atoms with van der Waals surface area (Å²) in [5.74, 6) is 0.476. The minimum absolute atomic E-state index is 0. The van der Waals surface area contributed by atoms with Crippen molar-refractivity contribution in [3.63, 3.8) is 0 Å². The van der Waals surface area contributed by atoms with E-state index >= 15 is 0 Å². The molecule has 8 rings (SSSR count). The third-order valence-corrected chi connectivity index (χ3v) is 12.6. The fourth-order valence-corrected chi connectivity index (χ4v) is 8.91. The summed E-state index contributed by atoms with van der Waals surface area (Å²) in [4.78, 5) is 9.31. The van der Waals surface area contributed by atoms with Gasteiger partial charge in [-0.1, -0.05) is 134 Å². The molecule has 3 aromatic heterocycles. The first-order chi connectivity index (χ1) is 25.5.